The Morgan fingerprint density at radius 3 is 1.72 bits per heavy atom. The van der Waals surface area contributed by atoms with Crippen LogP contribution in [-0.4, -0.2) is 24.1 Å². The van der Waals surface area contributed by atoms with Gasteiger partial charge in [-0.15, -0.1) is 0 Å². The van der Waals surface area contributed by atoms with E-state index in [0.717, 1.165) is 38.5 Å². The second-order valence-electron chi connectivity index (χ2n) is 7.84. The van der Waals surface area contributed by atoms with Crippen molar-refractivity contribution < 1.29 is 38.5 Å². The largest absolute Gasteiger partial charge is 2.00 e. The van der Waals surface area contributed by atoms with Crippen LogP contribution < -0.4 is 0 Å². The summed E-state index contributed by atoms with van der Waals surface area (Å²) in [5.74, 6) is -0.220. The molecule has 0 saturated heterocycles. The van der Waals surface area contributed by atoms with E-state index in [2.05, 4.69) is 13.8 Å². The summed E-state index contributed by atoms with van der Waals surface area (Å²) in [6.07, 6.45) is 6.16. The first kappa shape index (κ1) is 29.3. The van der Waals surface area contributed by atoms with E-state index in [1.54, 1.807) is 0 Å². The maximum atomic E-state index is 11.2. The second kappa shape index (κ2) is 15.8. The fraction of sp³-hybridized carbons (Fsp3) is 0.800. The molecule has 0 aliphatic carbocycles. The average Bonchev–Trinajstić information content (AvgIpc) is 2.41. The van der Waals surface area contributed by atoms with Crippen LogP contribution in [0.25, 0.3) is 0 Å². The predicted octanol–water partition coefficient (Wildman–Crippen LogP) is 5.30. The number of unbranched alkanes of at least 4 members (excludes halogenated alkanes) is 4. The van der Waals surface area contributed by atoms with Crippen molar-refractivity contribution in [2.24, 2.45) is 5.41 Å². The third-order valence-electron chi connectivity index (χ3n) is 2.79. The third-order valence-corrected chi connectivity index (χ3v) is 2.79. The molecule has 5 heteroatoms. The number of esters is 2. The van der Waals surface area contributed by atoms with E-state index < -0.39 is 0 Å². The Labute approximate surface area is 168 Å². The Bertz CT molecular complexity index is 341. The van der Waals surface area contributed by atoms with Crippen LogP contribution in [0.2, 0.25) is 0 Å². The second-order valence-corrected chi connectivity index (χ2v) is 7.84. The zero-order chi connectivity index (χ0) is 19.2. The molecular formula is C20H38O4Zn. The van der Waals surface area contributed by atoms with Gasteiger partial charge in [-0.05, 0) is 54.4 Å². The molecule has 0 bridgehead atoms. The Kier molecular flexibility index (Phi) is 18.5. The van der Waals surface area contributed by atoms with E-state index in [-0.39, 0.29) is 42.4 Å². The maximum absolute atomic E-state index is 11.2. The fourth-order valence-electron chi connectivity index (χ4n) is 1.50. The molecule has 0 aromatic heterocycles. The fourth-order valence-corrected chi connectivity index (χ4v) is 1.50. The summed E-state index contributed by atoms with van der Waals surface area (Å²) in [4.78, 5) is 22.3. The first-order chi connectivity index (χ1) is 10.9. The molecule has 0 unspecified atom stereocenters. The van der Waals surface area contributed by atoms with E-state index in [9.17, 15) is 9.59 Å². The van der Waals surface area contributed by atoms with Gasteiger partial charge in [0.1, 0.15) is 5.60 Å². The predicted molar refractivity (Wildman–Crippen MR) is 99.3 cm³/mol. The smallest absolute Gasteiger partial charge is 0.465 e. The van der Waals surface area contributed by atoms with Gasteiger partial charge in [0.25, 0.3) is 0 Å². The summed E-state index contributed by atoms with van der Waals surface area (Å²) >= 11 is 0. The molecule has 0 aliphatic heterocycles. The van der Waals surface area contributed by atoms with Gasteiger partial charge < -0.3 is 23.3 Å². The summed E-state index contributed by atoms with van der Waals surface area (Å²) < 4.78 is 10.2. The van der Waals surface area contributed by atoms with Gasteiger partial charge >= 0.3 is 31.4 Å². The van der Waals surface area contributed by atoms with E-state index in [4.69, 9.17) is 9.47 Å². The molecule has 0 saturated carbocycles. The minimum absolute atomic E-state index is 0. The molecule has 4 nitrogen and oxygen atoms in total. The molecule has 0 N–H and O–H groups in total. The molecule has 0 aliphatic rings. The zero-order valence-corrected chi connectivity index (χ0v) is 20.4. The van der Waals surface area contributed by atoms with Crippen molar-refractivity contribution in [1.29, 1.82) is 0 Å². The van der Waals surface area contributed by atoms with Crippen molar-refractivity contribution in [3.63, 3.8) is 0 Å². The molecular weight excluding hydrogens is 370 g/mol. The Morgan fingerprint density at radius 1 is 0.840 bits per heavy atom. The van der Waals surface area contributed by atoms with Crippen LogP contribution in [0.4, 0.5) is 0 Å². The van der Waals surface area contributed by atoms with Crippen molar-refractivity contribution in [3.8, 4) is 0 Å². The van der Waals surface area contributed by atoms with Crippen LogP contribution >= 0.6 is 0 Å². The molecule has 0 rings (SSSR count). The Balaban J connectivity index is -0.000000372. The number of rotatable bonds is 8. The van der Waals surface area contributed by atoms with Crippen LogP contribution in [0.1, 0.15) is 86.5 Å². The SMILES string of the molecule is [CH2-]CCCCC(=O)OC(C)(C)C.[CH2-]CCCCOC(=O)C(C)(C)C.[Zn+2]. The summed E-state index contributed by atoms with van der Waals surface area (Å²) in [6, 6.07) is 0. The van der Waals surface area contributed by atoms with Gasteiger partial charge in [-0.25, -0.2) is 0 Å². The zero-order valence-electron chi connectivity index (χ0n) is 17.4. The minimum Gasteiger partial charge on any atom is -0.465 e. The van der Waals surface area contributed by atoms with E-state index in [1.165, 1.54) is 0 Å². The number of carbonyl (C=O) groups is 2. The van der Waals surface area contributed by atoms with Crippen LogP contribution in [0.15, 0.2) is 0 Å². The molecule has 0 fully saturated rings. The first-order valence-electron chi connectivity index (χ1n) is 8.91. The van der Waals surface area contributed by atoms with Crippen LogP contribution in [0, 0.1) is 19.3 Å². The monoisotopic (exact) mass is 406 g/mol. The number of hydrogen-bond acceptors (Lipinski definition) is 4. The van der Waals surface area contributed by atoms with Crippen LogP contribution in [0.5, 0.6) is 0 Å². The normalized spacial score (nSPS) is 10.9. The topological polar surface area (TPSA) is 52.6 Å². The van der Waals surface area contributed by atoms with Gasteiger partial charge in [0.15, 0.2) is 0 Å². The molecule has 0 spiro atoms. The van der Waals surface area contributed by atoms with Gasteiger partial charge in [-0.3, -0.25) is 9.59 Å². The quantitative estimate of drug-likeness (QED) is 0.237. The minimum atomic E-state index is -0.371. The first-order valence-corrected chi connectivity index (χ1v) is 8.91. The van der Waals surface area contributed by atoms with Crippen molar-refractivity contribution >= 4 is 11.9 Å². The van der Waals surface area contributed by atoms with E-state index >= 15 is 0 Å². The molecule has 0 atom stereocenters. The van der Waals surface area contributed by atoms with E-state index in [1.807, 2.05) is 41.5 Å². The van der Waals surface area contributed by atoms with E-state index in [0.29, 0.717) is 13.0 Å². The maximum Gasteiger partial charge on any atom is 2.00 e. The third kappa shape index (κ3) is 23.6. The molecule has 0 amide bonds. The molecule has 0 heterocycles. The molecule has 0 aromatic rings. The van der Waals surface area contributed by atoms with Gasteiger partial charge in [0.2, 0.25) is 0 Å². The molecule has 0 radical (unpaired) electrons. The van der Waals surface area contributed by atoms with Crippen molar-refractivity contribution in [2.75, 3.05) is 6.61 Å². The molecule has 25 heavy (non-hydrogen) atoms. The Hall–Kier alpha value is -0.437. The van der Waals surface area contributed by atoms with Crippen molar-refractivity contribution in [3.05, 3.63) is 13.8 Å². The number of ether oxygens (including phenoxy) is 2. The van der Waals surface area contributed by atoms with Gasteiger partial charge in [-0.2, -0.15) is 12.8 Å². The number of carbonyl (C=O) groups excluding carboxylic acids is 2. The number of hydrogen-bond donors (Lipinski definition) is 0. The van der Waals surface area contributed by atoms with Gasteiger partial charge in [0, 0.05) is 6.42 Å². The van der Waals surface area contributed by atoms with Gasteiger partial charge in [0.05, 0.1) is 12.0 Å². The van der Waals surface area contributed by atoms with Crippen LogP contribution in [0.3, 0.4) is 0 Å². The average molecular weight is 408 g/mol. The summed E-state index contributed by atoms with van der Waals surface area (Å²) in [6.45, 7) is 19.2. The molecule has 0 aromatic carbocycles. The Morgan fingerprint density at radius 2 is 1.32 bits per heavy atom. The summed E-state index contributed by atoms with van der Waals surface area (Å²) in [5, 5.41) is 0. The van der Waals surface area contributed by atoms with Crippen molar-refractivity contribution in [1.82, 2.24) is 0 Å². The standard InChI is InChI=1S/2C10H19O2.Zn/c1-5-6-7-8-12-9(11)10(2,3)4;1-5-6-7-8-9(11)12-10(2,3)4;/h2*1,5-8H2,2-4H3;/q2*-1;+2. The summed E-state index contributed by atoms with van der Waals surface area (Å²) in [5.41, 5.74) is -0.716. The van der Waals surface area contributed by atoms with Gasteiger partial charge in [-0.1, -0.05) is 12.8 Å². The summed E-state index contributed by atoms with van der Waals surface area (Å²) in [7, 11) is 0. The molecule has 144 valence electrons. The van der Waals surface area contributed by atoms with Crippen LogP contribution in [-0.2, 0) is 38.5 Å². The van der Waals surface area contributed by atoms with Crippen molar-refractivity contribution in [2.45, 2.75) is 92.1 Å².